The van der Waals surface area contributed by atoms with E-state index in [-0.39, 0.29) is 11.2 Å². The molecule has 0 spiro atoms. The minimum absolute atomic E-state index is 0.105. The minimum atomic E-state index is -0.362. The lowest BCUT2D eigenvalue weighted by Gasteiger charge is -2.14. The maximum absolute atomic E-state index is 12.7. The van der Waals surface area contributed by atoms with Gasteiger partial charge in [-0.1, -0.05) is 35.5 Å². The van der Waals surface area contributed by atoms with Crippen LogP contribution in [0, 0.1) is 0 Å². The Morgan fingerprint density at radius 3 is 2.50 bits per heavy atom. The van der Waals surface area contributed by atoms with Crippen LogP contribution < -0.4 is 0 Å². The molecule has 18 heavy (non-hydrogen) atoms. The van der Waals surface area contributed by atoms with Gasteiger partial charge in [0, 0.05) is 7.05 Å². The molecule has 0 radical (unpaired) electrons. The average Bonchev–Trinajstić information content (AvgIpc) is 3.13. The molecule has 3 rings (SSSR count). The van der Waals surface area contributed by atoms with Crippen LogP contribution in [-0.2, 0) is 12.5 Å². The predicted octanol–water partition coefficient (Wildman–Crippen LogP) is 2.49. The summed E-state index contributed by atoms with van der Waals surface area (Å²) in [5.41, 5.74) is 1.28. The van der Waals surface area contributed by atoms with Gasteiger partial charge in [-0.3, -0.25) is 4.79 Å². The lowest BCUT2D eigenvalue weighted by atomic mass is 9.90. The van der Waals surface area contributed by atoms with E-state index in [1.807, 2.05) is 30.3 Å². The molecule has 1 aliphatic carbocycles. The van der Waals surface area contributed by atoms with Crippen molar-refractivity contribution in [1.82, 2.24) is 15.0 Å². The first-order valence-corrected chi connectivity index (χ1v) is 6.60. The second-order valence-electron chi connectivity index (χ2n) is 4.63. The molecule has 1 aromatic heterocycles. The van der Waals surface area contributed by atoms with E-state index in [9.17, 15) is 4.79 Å². The third-order valence-electron chi connectivity index (χ3n) is 3.51. The molecule has 0 saturated heterocycles. The number of nitrogens with zero attached hydrogens (tertiary/aromatic N) is 3. The summed E-state index contributed by atoms with van der Waals surface area (Å²) in [4.78, 5) is 12.7. The Morgan fingerprint density at radius 2 is 2.00 bits per heavy atom. The van der Waals surface area contributed by atoms with E-state index in [0.29, 0.717) is 10.3 Å². The molecule has 0 amide bonds. The number of rotatable bonds is 3. The molecular formula is C13H12BrN3O. The fourth-order valence-electron chi connectivity index (χ4n) is 2.33. The number of carbonyl (C=O) groups excluding carboxylic acids is 1. The van der Waals surface area contributed by atoms with Crippen molar-refractivity contribution >= 4 is 21.7 Å². The Hall–Kier alpha value is -1.49. The maximum atomic E-state index is 12.7. The second-order valence-corrected chi connectivity index (χ2v) is 5.38. The van der Waals surface area contributed by atoms with Crippen molar-refractivity contribution in [2.24, 2.45) is 7.05 Å². The van der Waals surface area contributed by atoms with Gasteiger partial charge in [-0.05, 0) is 34.3 Å². The monoisotopic (exact) mass is 305 g/mol. The van der Waals surface area contributed by atoms with Crippen LogP contribution in [-0.4, -0.2) is 20.8 Å². The number of benzene rings is 1. The van der Waals surface area contributed by atoms with E-state index in [1.165, 1.54) is 4.68 Å². The number of aromatic nitrogens is 3. The van der Waals surface area contributed by atoms with Crippen LogP contribution in [0.2, 0.25) is 0 Å². The van der Waals surface area contributed by atoms with Crippen LogP contribution in [0.5, 0.6) is 0 Å². The average molecular weight is 306 g/mol. The van der Waals surface area contributed by atoms with E-state index in [2.05, 4.69) is 26.2 Å². The SMILES string of the molecule is Cn1nnc(Br)c1C(=O)C1(c2ccccc2)CC1. The number of carbonyl (C=O) groups is 1. The van der Waals surface area contributed by atoms with Crippen LogP contribution in [0.1, 0.15) is 28.9 Å². The molecule has 0 aliphatic heterocycles. The van der Waals surface area contributed by atoms with Gasteiger partial charge in [-0.2, -0.15) is 0 Å². The highest BCUT2D eigenvalue weighted by molar-refractivity contribution is 9.10. The Bertz CT molecular complexity index is 582. The third kappa shape index (κ3) is 1.61. The normalized spacial score (nSPS) is 16.6. The van der Waals surface area contributed by atoms with Gasteiger partial charge in [0.2, 0.25) is 0 Å². The van der Waals surface area contributed by atoms with E-state index in [4.69, 9.17) is 0 Å². The minimum Gasteiger partial charge on any atom is -0.291 e. The largest absolute Gasteiger partial charge is 0.291 e. The second kappa shape index (κ2) is 4.02. The number of hydrogen-bond acceptors (Lipinski definition) is 3. The maximum Gasteiger partial charge on any atom is 0.194 e. The van der Waals surface area contributed by atoms with Gasteiger partial charge in [0.05, 0.1) is 5.41 Å². The number of aryl methyl sites for hydroxylation is 1. The van der Waals surface area contributed by atoms with Crippen molar-refractivity contribution in [3.8, 4) is 0 Å². The molecule has 0 N–H and O–H groups in total. The fraction of sp³-hybridized carbons (Fsp3) is 0.308. The van der Waals surface area contributed by atoms with Gasteiger partial charge in [0.1, 0.15) is 5.69 Å². The van der Waals surface area contributed by atoms with Crippen molar-refractivity contribution in [3.05, 3.63) is 46.2 Å². The molecule has 0 atom stereocenters. The number of halogens is 1. The zero-order valence-electron chi connectivity index (χ0n) is 9.93. The van der Waals surface area contributed by atoms with E-state index < -0.39 is 0 Å². The topological polar surface area (TPSA) is 47.8 Å². The van der Waals surface area contributed by atoms with Gasteiger partial charge >= 0.3 is 0 Å². The van der Waals surface area contributed by atoms with Gasteiger partial charge in [0.25, 0.3) is 0 Å². The lowest BCUT2D eigenvalue weighted by molar-refractivity contribution is 0.0936. The van der Waals surface area contributed by atoms with Crippen LogP contribution in [0.15, 0.2) is 34.9 Å². The Balaban J connectivity index is 2.04. The first kappa shape index (κ1) is 11.6. The van der Waals surface area contributed by atoms with Gasteiger partial charge < -0.3 is 0 Å². The van der Waals surface area contributed by atoms with Crippen molar-refractivity contribution in [1.29, 1.82) is 0 Å². The Morgan fingerprint density at radius 1 is 1.33 bits per heavy atom. The highest BCUT2D eigenvalue weighted by atomic mass is 79.9. The summed E-state index contributed by atoms with van der Waals surface area (Å²) in [7, 11) is 1.74. The molecule has 1 fully saturated rings. The predicted molar refractivity (Wildman–Crippen MR) is 70.4 cm³/mol. The van der Waals surface area contributed by atoms with Gasteiger partial charge in [0.15, 0.2) is 10.4 Å². The van der Waals surface area contributed by atoms with Crippen molar-refractivity contribution in [2.45, 2.75) is 18.3 Å². The molecule has 0 unspecified atom stereocenters. The third-order valence-corrected chi connectivity index (χ3v) is 4.05. The molecule has 1 aliphatic rings. The van der Waals surface area contributed by atoms with Crippen LogP contribution in [0.25, 0.3) is 0 Å². The van der Waals surface area contributed by atoms with Crippen LogP contribution >= 0.6 is 15.9 Å². The molecule has 4 nitrogen and oxygen atoms in total. The highest BCUT2D eigenvalue weighted by Crippen LogP contribution is 2.50. The Labute approximate surface area is 113 Å². The van der Waals surface area contributed by atoms with Crippen LogP contribution in [0.3, 0.4) is 0 Å². The molecule has 1 heterocycles. The lowest BCUT2D eigenvalue weighted by Crippen LogP contribution is -2.23. The summed E-state index contributed by atoms with van der Waals surface area (Å²) in [6.07, 6.45) is 1.79. The van der Waals surface area contributed by atoms with Gasteiger partial charge in [-0.15, -0.1) is 5.10 Å². The fourth-order valence-corrected chi connectivity index (χ4v) is 2.84. The first-order chi connectivity index (χ1) is 8.65. The molecule has 0 bridgehead atoms. The number of Topliss-reactive ketones (excluding diaryl/α,β-unsaturated/α-hetero) is 1. The standard InChI is InChI=1S/C13H12BrN3O/c1-17-10(12(14)15-16-17)11(18)13(7-8-13)9-5-3-2-4-6-9/h2-6H,7-8H2,1H3. The summed E-state index contributed by atoms with van der Waals surface area (Å²) in [6, 6.07) is 9.94. The first-order valence-electron chi connectivity index (χ1n) is 5.81. The summed E-state index contributed by atoms with van der Waals surface area (Å²) in [5, 5.41) is 7.75. The number of hydrogen-bond donors (Lipinski definition) is 0. The molecule has 92 valence electrons. The highest BCUT2D eigenvalue weighted by Gasteiger charge is 2.52. The molecular weight excluding hydrogens is 294 g/mol. The van der Waals surface area contributed by atoms with Crippen molar-refractivity contribution in [3.63, 3.8) is 0 Å². The Kier molecular flexibility index (Phi) is 2.59. The summed E-state index contributed by atoms with van der Waals surface area (Å²) in [6.45, 7) is 0. The van der Waals surface area contributed by atoms with E-state index in [1.54, 1.807) is 7.05 Å². The molecule has 5 heteroatoms. The molecule has 1 aromatic carbocycles. The molecule has 1 saturated carbocycles. The smallest absolute Gasteiger partial charge is 0.194 e. The summed E-state index contributed by atoms with van der Waals surface area (Å²) < 4.78 is 2.06. The molecule has 2 aromatic rings. The summed E-state index contributed by atoms with van der Waals surface area (Å²) in [5.74, 6) is 0.105. The number of ketones is 1. The quantitative estimate of drug-likeness (QED) is 0.819. The summed E-state index contributed by atoms with van der Waals surface area (Å²) >= 11 is 3.30. The van der Waals surface area contributed by atoms with Crippen LogP contribution in [0.4, 0.5) is 0 Å². The van der Waals surface area contributed by atoms with Gasteiger partial charge in [-0.25, -0.2) is 4.68 Å². The zero-order chi connectivity index (χ0) is 12.8. The van der Waals surface area contributed by atoms with Crippen molar-refractivity contribution in [2.75, 3.05) is 0 Å². The van der Waals surface area contributed by atoms with Crippen molar-refractivity contribution < 1.29 is 4.79 Å². The van der Waals surface area contributed by atoms with E-state index in [0.717, 1.165) is 18.4 Å². The van der Waals surface area contributed by atoms with E-state index >= 15 is 0 Å². The zero-order valence-corrected chi connectivity index (χ0v) is 11.5.